The van der Waals surface area contributed by atoms with Gasteiger partial charge in [-0.2, -0.15) is 5.10 Å². The van der Waals surface area contributed by atoms with Crippen molar-refractivity contribution in [2.45, 2.75) is 13.5 Å². The number of aromatic nitrogens is 3. The highest BCUT2D eigenvalue weighted by Gasteiger charge is 2.33. The van der Waals surface area contributed by atoms with Crippen LogP contribution in [0.2, 0.25) is 0 Å². The van der Waals surface area contributed by atoms with E-state index in [1.807, 2.05) is 24.0 Å². The van der Waals surface area contributed by atoms with E-state index in [0.29, 0.717) is 30.3 Å². The third kappa shape index (κ3) is 2.99. The van der Waals surface area contributed by atoms with Crippen molar-refractivity contribution in [3.63, 3.8) is 0 Å². The molecule has 0 saturated carbocycles. The summed E-state index contributed by atoms with van der Waals surface area (Å²) < 4.78 is 8.47. The lowest BCUT2D eigenvalue weighted by Crippen LogP contribution is -2.51. The summed E-state index contributed by atoms with van der Waals surface area (Å²) in [7, 11) is 3.09. The van der Waals surface area contributed by atoms with Crippen molar-refractivity contribution in [3.8, 4) is 5.75 Å². The molecule has 3 heterocycles. The van der Waals surface area contributed by atoms with Crippen molar-refractivity contribution in [2.75, 3.05) is 20.2 Å². The number of rotatable bonds is 4. The highest BCUT2D eigenvalue weighted by Crippen LogP contribution is 2.24. The fourth-order valence-electron chi connectivity index (χ4n) is 2.79. The van der Waals surface area contributed by atoms with Crippen LogP contribution in [0.3, 0.4) is 0 Å². The van der Waals surface area contributed by atoms with Crippen LogP contribution in [0.1, 0.15) is 15.9 Å². The molecule has 1 saturated heterocycles. The quantitative estimate of drug-likeness (QED) is 0.831. The van der Waals surface area contributed by atoms with Gasteiger partial charge in [0, 0.05) is 51.1 Å². The molecule has 0 bridgehead atoms. The molecular formula is C16H20N4O3. The lowest BCUT2D eigenvalue weighted by Gasteiger charge is -2.39. The zero-order chi connectivity index (χ0) is 16.6. The Morgan fingerprint density at radius 2 is 2.13 bits per heavy atom. The lowest BCUT2D eigenvalue weighted by molar-refractivity contribution is 0.0457. The van der Waals surface area contributed by atoms with E-state index >= 15 is 0 Å². The number of hydrogen-bond acceptors (Lipinski definition) is 4. The fraction of sp³-hybridized carbons (Fsp3) is 0.438. The van der Waals surface area contributed by atoms with Gasteiger partial charge in [0.25, 0.3) is 11.5 Å². The molecule has 0 aromatic carbocycles. The van der Waals surface area contributed by atoms with E-state index < -0.39 is 0 Å². The number of pyridine rings is 1. The van der Waals surface area contributed by atoms with E-state index in [4.69, 9.17) is 4.74 Å². The molecule has 0 aliphatic carbocycles. The van der Waals surface area contributed by atoms with Gasteiger partial charge in [0.15, 0.2) is 0 Å². The van der Waals surface area contributed by atoms with E-state index in [0.717, 1.165) is 12.1 Å². The van der Waals surface area contributed by atoms with Crippen LogP contribution in [0.4, 0.5) is 0 Å². The number of hydrogen-bond donors (Lipinski definition) is 0. The normalized spacial score (nSPS) is 14.7. The fourth-order valence-corrected chi connectivity index (χ4v) is 2.79. The smallest absolute Gasteiger partial charge is 0.259 e. The zero-order valence-electron chi connectivity index (χ0n) is 13.5. The standard InChI is InChI=1S/C16H20N4O3/c1-11-5-17-20(6-11)9-12-7-19(8-12)16(22)13-10-18(2)15(21)4-14(13)23-3/h4-6,10,12H,7-9H2,1-3H3. The second-order valence-electron chi connectivity index (χ2n) is 6.02. The van der Waals surface area contributed by atoms with Gasteiger partial charge in [-0.15, -0.1) is 0 Å². The van der Waals surface area contributed by atoms with Gasteiger partial charge in [-0.3, -0.25) is 14.3 Å². The van der Waals surface area contributed by atoms with E-state index in [1.54, 1.807) is 11.9 Å². The van der Waals surface area contributed by atoms with Crippen LogP contribution >= 0.6 is 0 Å². The summed E-state index contributed by atoms with van der Waals surface area (Å²) in [4.78, 5) is 26.0. The van der Waals surface area contributed by atoms with Gasteiger partial charge in [-0.1, -0.05) is 0 Å². The molecule has 0 radical (unpaired) electrons. The molecule has 23 heavy (non-hydrogen) atoms. The van der Waals surface area contributed by atoms with Crippen LogP contribution < -0.4 is 10.3 Å². The first kappa shape index (κ1) is 15.3. The number of likely N-dealkylation sites (tertiary alicyclic amines) is 1. The molecule has 1 fully saturated rings. The summed E-state index contributed by atoms with van der Waals surface area (Å²) in [5.74, 6) is 0.617. The number of carbonyl (C=O) groups is 1. The first-order chi connectivity index (χ1) is 11.0. The minimum absolute atomic E-state index is 0.106. The van der Waals surface area contributed by atoms with Gasteiger partial charge in [0.2, 0.25) is 0 Å². The maximum Gasteiger partial charge on any atom is 0.259 e. The van der Waals surface area contributed by atoms with Crippen LogP contribution in [0, 0.1) is 12.8 Å². The zero-order valence-corrected chi connectivity index (χ0v) is 13.5. The monoisotopic (exact) mass is 316 g/mol. The first-order valence-electron chi connectivity index (χ1n) is 7.51. The minimum Gasteiger partial charge on any atom is -0.496 e. The maximum absolute atomic E-state index is 12.6. The van der Waals surface area contributed by atoms with Crippen LogP contribution in [0.15, 0.2) is 29.5 Å². The number of carbonyl (C=O) groups excluding carboxylic acids is 1. The third-order valence-corrected chi connectivity index (χ3v) is 4.09. The van der Waals surface area contributed by atoms with Crippen molar-refractivity contribution < 1.29 is 9.53 Å². The predicted molar refractivity (Wildman–Crippen MR) is 84.6 cm³/mol. The summed E-state index contributed by atoms with van der Waals surface area (Å²) in [5.41, 5.74) is 1.35. The van der Waals surface area contributed by atoms with Gasteiger partial charge in [-0.25, -0.2) is 0 Å². The summed E-state index contributed by atoms with van der Waals surface area (Å²) in [5, 5.41) is 4.27. The summed E-state index contributed by atoms with van der Waals surface area (Å²) >= 11 is 0. The largest absolute Gasteiger partial charge is 0.496 e. The second kappa shape index (κ2) is 5.91. The number of nitrogens with zero attached hydrogens (tertiary/aromatic N) is 4. The third-order valence-electron chi connectivity index (χ3n) is 4.09. The van der Waals surface area contributed by atoms with Crippen LogP contribution in [-0.2, 0) is 13.6 Å². The molecule has 1 amide bonds. The topological polar surface area (TPSA) is 69.4 Å². The van der Waals surface area contributed by atoms with Crippen molar-refractivity contribution >= 4 is 5.91 Å². The Morgan fingerprint density at radius 1 is 1.39 bits per heavy atom. The van der Waals surface area contributed by atoms with E-state index in [2.05, 4.69) is 5.10 Å². The number of aryl methyl sites for hydroxylation is 2. The van der Waals surface area contributed by atoms with Gasteiger partial charge >= 0.3 is 0 Å². The van der Waals surface area contributed by atoms with Crippen molar-refractivity contribution in [2.24, 2.45) is 13.0 Å². The number of ether oxygens (including phenoxy) is 1. The molecule has 1 aliphatic heterocycles. The molecule has 7 heteroatoms. The summed E-state index contributed by atoms with van der Waals surface area (Å²) in [6.45, 7) is 4.18. The SMILES string of the molecule is COc1cc(=O)n(C)cc1C(=O)N1CC(Cn2cc(C)cn2)C1. The van der Waals surface area contributed by atoms with Crippen molar-refractivity contribution in [1.29, 1.82) is 0 Å². The Labute approximate surface area is 134 Å². The minimum atomic E-state index is -0.200. The Hall–Kier alpha value is -2.57. The van der Waals surface area contributed by atoms with E-state index in [9.17, 15) is 9.59 Å². The molecule has 122 valence electrons. The Bertz CT molecular complexity index is 787. The molecular weight excluding hydrogens is 296 g/mol. The first-order valence-corrected chi connectivity index (χ1v) is 7.51. The molecule has 0 atom stereocenters. The van der Waals surface area contributed by atoms with E-state index in [-0.39, 0.29) is 11.5 Å². The average molecular weight is 316 g/mol. The molecule has 2 aromatic rings. The number of amides is 1. The van der Waals surface area contributed by atoms with Crippen LogP contribution in [0.5, 0.6) is 5.75 Å². The van der Waals surface area contributed by atoms with Crippen molar-refractivity contribution in [1.82, 2.24) is 19.2 Å². The van der Waals surface area contributed by atoms with Crippen LogP contribution in [-0.4, -0.2) is 45.4 Å². The Morgan fingerprint density at radius 3 is 2.74 bits per heavy atom. The number of methoxy groups -OCH3 is 1. The van der Waals surface area contributed by atoms with E-state index in [1.165, 1.54) is 23.9 Å². The molecule has 7 nitrogen and oxygen atoms in total. The van der Waals surface area contributed by atoms with Gasteiger partial charge in [-0.05, 0) is 12.5 Å². The van der Waals surface area contributed by atoms with Gasteiger partial charge in [0.1, 0.15) is 5.75 Å². The Balaban J connectivity index is 1.67. The summed E-state index contributed by atoms with van der Waals surface area (Å²) in [6, 6.07) is 1.34. The molecule has 1 aliphatic rings. The molecule has 0 unspecified atom stereocenters. The predicted octanol–water partition coefficient (Wildman–Crippen LogP) is 0.671. The Kier molecular flexibility index (Phi) is 3.94. The molecule has 0 spiro atoms. The van der Waals surface area contributed by atoms with Crippen LogP contribution in [0.25, 0.3) is 0 Å². The molecule has 0 N–H and O–H groups in total. The maximum atomic E-state index is 12.6. The highest BCUT2D eigenvalue weighted by molar-refractivity contribution is 5.97. The highest BCUT2D eigenvalue weighted by atomic mass is 16.5. The lowest BCUT2D eigenvalue weighted by atomic mass is 9.99. The van der Waals surface area contributed by atoms with Crippen molar-refractivity contribution in [3.05, 3.63) is 46.1 Å². The second-order valence-corrected chi connectivity index (χ2v) is 6.02. The average Bonchev–Trinajstić information content (AvgIpc) is 2.89. The molecule has 3 rings (SSSR count). The molecule has 2 aromatic heterocycles. The summed E-state index contributed by atoms with van der Waals surface area (Å²) in [6.07, 6.45) is 5.37. The van der Waals surface area contributed by atoms with Gasteiger partial charge < -0.3 is 14.2 Å². The van der Waals surface area contributed by atoms with Gasteiger partial charge in [0.05, 0.1) is 18.9 Å².